The fourth-order valence-corrected chi connectivity index (χ4v) is 2.97. The number of fused-ring (bicyclic) bond motifs is 1. The van der Waals surface area contributed by atoms with E-state index in [2.05, 4.69) is 5.32 Å². The minimum Gasteiger partial charge on any atom is -0.497 e. The number of nitrogens with zero attached hydrogens (tertiary/aromatic N) is 1. The largest absolute Gasteiger partial charge is 0.497 e. The summed E-state index contributed by atoms with van der Waals surface area (Å²) in [6.07, 6.45) is 0. The molecule has 4 nitrogen and oxygen atoms in total. The maximum atomic E-state index is 12.7. The maximum Gasteiger partial charge on any atom is 0.241 e. The maximum absolute atomic E-state index is 12.7. The Kier molecular flexibility index (Phi) is 5.54. The number of ether oxygens (including phenoxy) is 1. The zero-order valence-electron chi connectivity index (χ0n) is 15.4. The summed E-state index contributed by atoms with van der Waals surface area (Å²) >= 11 is 0. The first-order valence-electron chi connectivity index (χ1n) is 8.70. The molecule has 26 heavy (non-hydrogen) atoms. The van der Waals surface area contributed by atoms with Gasteiger partial charge in [0.2, 0.25) is 5.91 Å². The zero-order valence-corrected chi connectivity index (χ0v) is 15.4. The van der Waals surface area contributed by atoms with Crippen molar-refractivity contribution in [1.82, 2.24) is 4.90 Å². The summed E-state index contributed by atoms with van der Waals surface area (Å²) in [6.45, 7) is 2.59. The van der Waals surface area contributed by atoms with E-state index in [4.69, 9.17) is 4.74 Å². The first-order chi connectivity index (χ1) is 12.6. The van der Waals surface area contributed by atoms with Crippen molar-refractivity contribution in [3.05, 3.63) is 72.3 Å². The average molecular weight is 348 g/mol. The van der Waals surface area contributed by atoms with Crippen LogP contribution in [0.1, 0.15) is 12.5 Å². The van der Waals surface area contributed by atoms with Gasteiger partial charge in [0.1, 0.15) is 5.75 Å². The van der Waals surface area contributed by atoms with E-state index >= 15 is 0 Å². The van der Waals surface area contributed by atoms with Gasteiger partial charge >= 0.3 is 0 Å². The molecule has 3 aromatic rings. The van der Waals surface area contributed by atoms with Crippen molar-refractivity contribution in [3.63, 3.8) is 0 Å². The lowest BCUT2D eigenvalue weighted by molar-refractivity contribution is -0.120. The van der Waals surface area contributed by atoms with Crippen LogP contribution >= 0.6 is 0 Å². The Balaban J connectivity index is 1.70. The topological polar surface area (TPSA) is 41.6 Å². The molecule has 0 aliphatic rings. The molecule has 4 heteroatoms. The molecule has 0 fully saturated rings. The minimum absolute atomic E-state index is 0.0215. The molecule has 0 heterocycles. The highest BCUT2D eigenvalue weighted by Crippen LogP contribution is 2.23. The van der Waals surface area contributed by atoms with Crippen LogP contribution in [0.2, 0.25) is 0 Å². The van der Waals surface area contributed by atoms with Gasteiger partial charge < -0.3 is 10.1 Å². The predicted molar refractivity (Wildman–Crippen MR) is 107 cm³/mol. The Morgan fingerprint density at radius 2 is 1.81 bits per heavy atom. The van der Waals surface area contributed by atoms with E-state index in [1.54, 1.807) is 7.11 Å². The van der Waals surface area contributed by atoms with Gasteiger partial charge in [-0.25, -0.2) is 0 Å². The Morgan fingerprint density at radius 3 is 2.62 bits per heavy atom. The number of benzene rings is 3. The molecular weight excluding hydrogens is 324 g/mol. The van der Waals surface area contributed by atoms with Crippen molar-refractivity contribution in [2.75, 3.05) is 19.5 Å². The fraction of sp³-hybridized carbons (Fsp3) is 0.227. The summed E-state index contributed by atoms with van der Waals surface area (Å²) in [5, 5.41) is 5.23. The molecule has 0 unspecified atom stereocenters. The third kappa shape index (κ3) is 4.03. The first-order valence-corrected chi connectivity index (χ1v) is 8.70. The molecule has 0 aromatic heterocycles. The average Bonchev–Trinajstić information content (AvgIpc) is 2.67. The highest BCUT2D eigenvalue weighted by molar-refractivity contribution is 6.03. The Labute approximate surface area is 154 Å². The van der Waals surface area contributed by atoms with Gasteiger partial charge in [0.25, 0.3) is 0 Å². The normalized spacial score (nSPS) is 12.2. The van der Waals surface area contributed by atoms with E-state index in [-0.39, 0.29) is 11.9 Å². The molecule has 0 spiro atoms. The number of carbonyl (C=O) groups excluding carboxylic acids is 1. The second-order valence-corrected chi connectivity index (χ2v) is 6.46. The van der Waals surface area contributed by atoms with E-state index in [1.165, 1.54) is 0 Å². The first kappa shape index (κ1) is 18.0. The zero-order chi connectivity index (χ0) is 18.5. The van der Waals surface area contributed by atoms with Crippen LogP contribution < -0.4 is 10.1 Å². The Hall–Kier alpha value is -2.85. The van der Waals surface area contributed by atoms with E-state index in [1.807, 2.05) is 85.6 Å². The SMILES string of the molecule is COc1cccc(CN(C)[C@@H](C)C(=O)Nc2cccc3ccccc23)c1. The molecule has 1 amide bonds. The second kappa shape index (κ2) is 8.02. The van der Waals surface area contributed by atoms with Crippen molar-refractivity contribution < 1.29 is 9.53 Å². The van der Waals surface area contributed by atoms with Gasteiger partial charge in [-0.2, -0.15) is 0 Å². The van der Waals surface area contributed by atoms with Gasteiger partial charge in [-0.15, -0.1) is 0 Å². The number of hydrogen-bond acceptors (Lipinski definition) is 3. The van der Waals surface area contributed by atoms with Crippen LogP contribution in [0, 0.1) is 0 Å². The van der Waals surface area contributed by atoms with E-state index < -0.39 is 0 Å². The number of rotatable bonds is 6. The quantitative estimate of drug-likeness (QED) is 0.722. The van der Waals surface area contributed by atoms with Gasteiger partial charge in [-0.1, -0.05) is 48.5 Å². The van der Waals surface area contributed by atoms with Crippen molar-refractivity contribution in [3.8, 4) is 5.75 Å². The predicted octanol–water partition coefficient (Wildman–Crippen LogP) is 4.31. The monoisotopic (exact) mass is 348 g/mol. The van der Waals surface area contributed by atoms with E-state index in [9.17, 15) is 4.79 Å². The minimum atomic E-state index is -0.264. The van der Waals surface area contributed by atoms with Gasteiger partial charge in [-0.05, 0) is 43.1 Å². The van der Waals surface area contributed by atoms with E-state index in [0.717, 1.165) is 27.8 Å². The van der Waals surface area contributed by atoms with Crippen LogP contribution in [0.3, 0.4) is 0 Å². The molecular formula is C22H24N2O2. The lowest BCUT2D eigenvalue weighted by atomic mass is 10.1. The van der Waals surface area contributed by atoms with Gasteiger partial charge in [-0.3, -0.25) is 9.69 Å². The molecule has 0 saturated carbocycles. The van der Waals surface area contributed by atoms with Crippen molar-refractivity contribution >= 4 is 22.4 Å². The number of likely N-dealkylation sites (N-methyl/N-ethyl adjacent to an activating group) is 1. The smallest absolute Gasteiger partial charge is 0.241 e. The highest BCUT2D eigenvalue weighted by atomic mass is 16.5. The molecule has 1 atom stereocenters. The van der Waals surface area contributed by atoms with Crippen LogP contribution in [-0.4, -0.2) is 31.0 Å². The molecule has 0 bridgehead atoms. The van der Waals surface area contributed by atoms with Gasteiger partial charge in [0.15, 0.2) is 0 Å². The van der Waals surface area contributed by atoms with E-state index in [0.29, 0.717) is 6.54 Å². The number of hydrogen-bond donors (Lipinski definition) is 1. The number of anilines is 1. The van der Waals surface area contributed by atoms with Crippen LogP contribution in [0.25, 0.3) is 10.8 Å². The van der Waals surface area contributed by atoms with Crippen LogP contribution in [0.5, 0.6) is 5.75 Å². The lowest BCUT2D eigenvalue weighted by Gasteiger charge is -2.24. The summed E-state index contributed by atoms with van der Waals surface area (Å²) in [5.74, 6) is 0.801. The fourth-order valence-electron chi connectivity index (χ4n) is 2.97. The third-order valence-corrected chi connectivity index (χ3v) is 4.65. The molecule has 0 aliphatic carbocycles. The third-order valence-electron chi connectivity index (χ3n) is 4.65. The van der Waals surface area contributed by atoms with Gasteiger partial charge in [0, 0.05) is 17.6 Å². The second-order valence-electron chi connectivity index (χ2n) is 6.46. The van der Waals surface area contributed by atoms with Crippen molar-refractivity contribution in [2.45, 2.75) is 19.5 Å². The van der Waals surface area contributed by atoms with Crippen molar-refractivity contribution in [2.24, 2.45) is 0 Å². The summed E-state index contributed by atoms with van der Waals surface area (Å²) in [5.41, 5.74) is 1.95. The van der Waals surface area contributed by atoms with Crippen LogP contribution in [0.15, 0.2) is 66.7 Å². The standard InChI is InChI=1S/C22H24N2O2/c1-16(24(2)15-17-8-6-11-19(14-17)26-3)22(25)23-21-13-7-10-18-9-4-5-12-20(18)21/h4-14,16H,15H2,1-3H3,(H,23,25)/t16-/m0/s1. The van der Waals surface area contributed by atoms with Crippen LogP contribution in [-0.2, 0) is 11.3 Å². The van der Waals surface area contributed by atoms with Crippen LogP contribution in [0.4, 0.5) is 5.69 Å². The molecule has 3 aromatic carbocycles. The molecule has 0 aliphatic heterocycles. The summed E-state index contributed by atoms with van der Waals surface area (Å²) < 4.78 is 5.27. The summed E-state index contributed by atoms with van der Waals surface area (Å²) in [6, 6.07) is 21.6. The number of methoxy groups -OCH3 is 1. The summed E-state index contributed by atoms with van der Waals surface area (Å²) in [4.78, 5) is 14.8. The lowest BCUT2D eigenvalue weighted by Crippen LogP contribution is -2.39. The van der Waals surface area contributed by atoms with Crippen molar-refractivity contribution in [1.29, 1.82) is 0 Å². The Bertz CT molecular complexity index is 902. The molecule has 134 valence electrons. The molecule has 0 saturated heterocycles. The number of nitrogens with one attached hydrogen (secondary N) is 1. The molecule has 3 rings (SSSR count). The number of amides is 1. The molecule has 0 radical (unpaired) electrons. The van der Waals surface area contributed by atoms with Gasteiger partial charge in [0.05, 0.1) is 13.2 Å². The number of carbonyl (C=O) groups is 1. The Morgan fingerprint density at radius 1 is 1.08 bits per heavy atom. The summed E-state index contributed by atoms with van der Waals surface area (Å²) in [7, 11) is 3.61. The molecule has 1 N–H and O–H groups in total. The highest BCUT2D eigenvalue weighted by Gasteiger charge is 2.19.